The molecule has 0 aromatic heterocycles. The topological polar surface area (TPSA) is 99.4 Å². The highest BCUT2D eigenvalue weighted by atomic mass is 32.2. The van der Waals surface area contributed by atoms with E-state index in [9.17, 15) is 15.3 Å². The van der Waals surface area contributed by atoms with Crippen molar-refractivity contribution in [3.8, 4) is 0 Å². The summed E-state index contributed by atoms with van der Waals surface area (Å²) in [5.74, 6) is 0.859. The number of ether oxygens (including phenoxy) is 2. The van der Waals surface area contributed by atoms with E-state index in [0.29, 0.717) is 0 Å². The third kappa shape index (κ3) is 4.20. The molecule has 0 radical (unpaired) electrons. The molecule has 7 heteroatoms. The first kappa shape index (κ1) is 15.9. The largest absolute Gasteiger partial charge is 0.394 e. The number of aliphatic hydroxyl groups is 4. The zero-order chi connectivity index (χ0) is 13.5. The van der Waals surface area contributed by atoms with Crippen molar-refractivity contribution in [2.24, 2.45) is 0 Å². The number of thioether (sulfide) groups is 1. The van der Waals surface area contributed by atoms with Crippen LogP contribution in [0.15, 0.2) is 12.2 Å². The van der Waals surface area contributed by atoms with Crippen LogP contribution in [0.1, 0.15) is 0 Å². The molecule has 0 aliphatic carbocycles. The van der Waals surface area contributed by atoms with Crippen LogP contribution in [-0.4, -0.2) is 76.4 Å². The van der Waals surface area contributed by atoms with Crippen molar-refractivity contribution in [3.05, 3.63) is 12.2 Å². The van der Waals surface area contributed by atoms with Crippen LogP contribution in [-0.2, 0) is 9.47 Å². The van der Waals surface area contributed by atoms with E-state index in [1.165, 1.54) is 0 Å². The van der Waals surface area contributed by atoms with Crippen molar-refractivity contribution < 1.29 is 29.9 Å². The van der Waals surface area contributed by atoms with Crippen molar-refractivity contribution in [2.45, 2.75) is 30.7 Å². The van der Waals surface area contributed by atoms with Gasteiger partial charge in [0.05, 0.1) is 13.2 Å². The summed E-state index contributed by atoms with van der Waals surface area (Å²) in [6.45, 7) is -0.226. The molecule has 1 heterocycles. The van der Waals surface area contributed by atoms with Gasteiger partial charge in [-0.25, -0.2) is 0 Å². The van der Waals surface area contributed by atoms with E-state index in [1.54, 1.807) is 17.8 Å². The Morgan fingerprint density at radius 3 is 2.50 bits per heavy atom. The van der Waals surface area contributed by atoms with Crippen molar-refractivity contribution >= 4 is 11.8 Å². The second kappa shape index (κ2) is 8.11. The molecular weight excluding hydrogens is 260 g/mol. The summed E-state index contributed by atoms with van der Waals surface area (Å²) >= 11 is 1.66. The summed E-state index contributed by atoms with van der Waals surface area (Å²) in [7, 11) is 0. The Hall–Kier alpha value is -0.150. The quantitative estimate of drug-likeness (QED) is 0.450. The van der Waals surface area contributed by atoms with Gasteiger partial charge in [-0.2, -0.15) is 11.8 Å². The monoisotopic (exact) mass is 280 g/mol. The van der Waals surface area contributed by atoms with Gasteiger partial charge in [-0.3, -0.25) is 0 Å². The highest BCUT2D eigenvalue weighted by molar-refractivity contribution is 7.98. The summed E-state index contributed by atoms with van der Waals surface area (Å²) in [5.41, 5.74) is 0. The lowest BCUT2D eigenvalue weighted by Gasteiger charge is -2.39. The molecule has 1 fully saturated rings. The molecule has 0 aromatic carbocycles. The predicted molar refractivity (Wildman–Crippen MR) is 67.2 cm³/mol. The van der Waals surface area contributed by atoms with Gasteiger partial charge in [0.15, 0.2) is 6.29 Å². The second-order valence-corrected chi connectivity index (χ2v) is 4.87. The molecule has 6 nitrogen and oxygen atoms in total. The standard InChI is InChI=1S/C11H20O6S/c1-18-5-3-2-4-16-11-10(15)9(14)8(13)7(6-12)17-11/h2-3,7-15H,4-6H2,1H3/b3-2+/t7?,8-,9?,10?,11-/m1/s1. The maximum absolute atomic E-state index is 9.65. The molecule has 0 aromatic rings. The minimum atomic E-state index is -1.39. The lowest BCUT2D eigenvalue weighted by atomic mass is 9.99. The number of hydrogen-bond donors (Lipinski definition) is 4. The number of hydrogen-bond acceptors (Lipinski definition) is 7. The maximum atomic E-state index is 9.65. The Balaban J connectivity index is 2.44. The molecule has 0 bridgehead atoms. The fraction of sp³-hybridized carbons (Fsp3) is 0.818. The highest BCUT2D eigenvalue weighted by Gasteiger charge is 2.43. The minimum Gasteiger partial charge on any atom is -0.394 e. The lowest BCUT2D eigenvalue weighted by Crippen LogP contribution is -2.59. The van der Waals surface area contributed by atoms with Crippen LogP contribution < -0.4 is 0 Å². The van der Waals surface area contributed by atoms with E-state index in [2.05, 4.69) is 0 Å². The molecule has 5 atom stereocenters. The summed E-state index contributed by atoms with van der Waals surface area (Å²) < 4.78 is 10.4. The molecule has 1 aliphatic rings. The van der Waals surface area contributed by atoms with Gasteiger partial charge in [-0.05, 0) is 6.26 Å². The van der Waals surface area contributed by atoms with Crippen molar-refractivity contribution in [1.29, 1.82) is 0 Å². The Morgan fingerprint density at radius 1 is 1.17 bits per heavy atom. The van der Waals surface area contributed by atoms with E-state index < -0.39 is 37.3 Å². The van der Waals surface area contributed by atoms with Gasteiger partial charge in [-0.15, -0.1) is 0 Å². The SMILES string of the molecule is CSC/C=C/CO[C@@H]1OC(CO)[C@@H](O)C(O)C1O. The van der Waals surface area contributed by atoms with E-state index in [0.717, 1.165) is 5.75 Å². The Kier molecular flexibility index (Phi) is 7.16. The first-order valence-corrected chi connectivity index (χ1v) is 7.07. The number of aliphatic hydroxyl groups excluding tert-OH is 4. The highest BCUT2D eigenvalue weighted by Crippen LogP contribution is 2.21. The summed E-state index contributed by atoms with van der Waals surface area (Å²) in [6, 6.07) is 0. The Labute approximate surface area is 110 Å². The van der Waals surface area contributed by atoms with E-state index in [1.807, 2.05) is 12.3 Å². The van der Waals surface area contributed by atoms with Crippen LogP contribution in [0, 0.1) is 0 Å². The van der Waals surface area contributed by atoms with Crippen LogP contribution in [0.2, 0.25) is 0 Å². The van der Waals surface area contributed by atoms with Gasteiger partial charge < -0.3 is 29.9 Å². The molecule has 106 valence electrons. The predicted octanol–water partition coefficient (Wildman–Crippen LogP) is -1.28. The van der Waals surface area contributed by atoms with Crippen LogP contribution in [0.3, 0.4) is 0 Å². The third-order valence-corrected chi connectivity index (χ3v) is 3.16. The molecule has 0 amide bonds. The molecule has 0 saturated carbocycles. The fourth-order valence-electron chi connectivity index (χ4n) is 1.59. The van der Waals surface area contributed by atoms with Gasteiger partial charge >= 0.3 is 0 Å². The Bertz CT molecular complexity index is 260. The first-order valence-electron chi connectivity index (χ1n) is 5.67. The van der Waals surface area contributed by atoms with Gasteiger partial charge in [0.1, 0.15) is 24.4 Å². The minimum absolute atomic E-state index is 0.225. The molecule has 1 aliphatic heterocycles. The molecule has 0 spiro atoms. The van der Waals surface area contributed by atoms with Crippen molar-refractivity contribution in [1.82, 2.24) is 0 Å². The van der Waals surface area contributed by atoms with Gasteiger partial charge in [0.2, 0.25) is 0 Å². The van der Waals surface area contributed by atoms with Gasteiger partial charge in [0, 0.05) is 5.75 Å². The van der Waals surface area contributed by atoms with Crippen LogP contribution >= 0.6 is 11.8 Å². The summed E-state index contributed by atoms with van der Waals surface area (Å²) in [6.07, 6.45) is -0.400. The summed E-state index contributed by atoms with van der Waals surface area (Å²) in [4.78, 5) is 0. The van der Waals surface area contributed by atoms with E-state index in [-0.39, 0.29) is 6.61 Å². The summed E-state index contributed by atoms with van der Waals surface area (Å²) in [5, 5.41) is 37.7. The zero-order valence-electron chi connectivity index (χ0n) is 10.2. The van der Waals surface area contributed by atoms with Gasteiger partial charge in [-0.1, -0.05) is 12.2 Å². The van der Waals surface area contributed by atoms with Gasteiger partial charge in [0.25, 0.3) is 0 Å². The lowest BCUT2D eigenvalue weighted by molar-refractivity contribution is -0.298. The zero-order valence-corrected chi connectivity index (χ0v) is 11.0. The van der Waals surface area contributed by atoms with Crippen LogP contribution in [0.4, 0.5) is 0 Å². The van der Waals surface area contributed by atoms with Crippen molar-refractivity contribution in [2.75, 3.05) is 25.2 Å². The third-order valence-electron chi connectivity index (χ3n) is 2.63. The average Bonchev–Trinajstić information content (AvgIpc) is 2.38. The second-order valence-electron chi connectivity index (χ2n) is 3.96. The average molecular weight is 280 g/mol. The van der Waals surface area contributed by atoms with E-state index >= 15 is 0 Å². The van der Waals surface area contributed by atoms with Crippen LogP contribution in [0.5, 0.6) is 0 Å². The maximum Gasteiger partial charge on any atom is 0.187 e. The van der Waals surface area contributed by atoms with Crippen LogP contribution in [0.25, 0.3) is 0 Å². The first-order chi connectivity index (χ1) is 8.61. The molecule has 1 saturated heterocycles. The van der Waals surface area contributed by atoms with E-state index in [4.69, 9.17) is 14.6 Å². The molecule has 1 rings (SSSR count). The molecular formula is C11H20O6S. The Morgan fingerprint density at radius 2 is 1.89 bits per heavy atom. The smallest absolute Gasteiger partial charge is 0.187 e. The fourth-order valence-corrected chi connectivity index (χ4v) is 1.92. The normalized spacial score (nSPS) is 37.3. The number of rotatable bonds is 6. The van der Waals surface area contributed by atoms with Crippen molar-refractivity contribution in [3.63, 3.8) is 0 Å². The molecule has 18 heavy (non-hydrogen) atoms. The molecule has 4 N–H and O–H groups in total. The molecule has 3 unspecified atom stereocenters.